The summed E-state index contributed by atoms with van der Waals surface area (Å²) < 4.78 is 46.4. The van der Waals surface area contributed by atoms with Crippen molar-refractivity contribution >= 4 is 23.4 Å². The summed E-state index contributed by atoms with van der Waals surface area (Å²) in [6, 6.07) is 2.60. The summed E-state index contributed by atoms with van der Waals surface area (Å²) in [5, 5.41) is 4.73. The molecule has 2 atom stereocenters. The second-order valence-electron chi connectivity index (χ2n) is 6.16. The number of nitrogens with one attached hydrogen (secondary N) is 2. The highest BCUT2D eigenvalue weighted by Crippen LogP contribution is 2.36. The number of Topliss-reactive ketones (excluding diaryl/α,β-unsaturated/α-hetero) is 1. The first-order chi connectivity index (χ1) is 13.1. The van der Waals surface area contributed by atoms with Gasteiger partial charge in [0.05, 0.1) is 10.7 Å². The molecular formula is C17H15ClF3N3O4. The third kappa shape index (κ3) is 4.75. The number of halogens is 4. The van der Waals surface area contributed by atoms with E-state index in [1.54, 1.807) is 6.92 Å². The van der Waals surface area contributed by atoms with E-state index in [-0.39, 0.29) is 23.8 Å². The lowest BCUT2D eigenvalue weighted by atomic mass is 9.89. The van der Waals surface area contributed by atoms with Crippen LogP contribution in [0.5, 0.6) is 5.75 Å². The lowest BCUT2D eigenvalue weighted by Gasteiger charge is -2.18. The Hall–Kier alpha value is -2.75. The Morgan fingerprint density at radius 1 is 1.46 bits per heavy atom. The molecular weight excluding hydrogens is 403 g/mol. The Kier molecular flexibility index (Phi) is 5.50. The Morgan fingerprint density at radius 3 is 2.75 bits per heavy atom. The van der Waals surface area contributed by atoms with Gasteiger partial charge in [0.1, 0.15) is 18.1 Å². The fourth-order valence-corrected chi connectivity index (χ4v) is 3.10. The number of benzene rings is 1. The van der Waals surface area contributed by atoms with Crippen molar-refractivity contribution in [2.24, 2.45) is 0 Å². The van der Waals surface area contributed by atoms with Crippen molar-refractivity contribution in [1.29, 1.82) is 0 Å². The van der Waals surface area contributed by atoms with Gasteiger partial charge in [-0.1, -0.05) is 17.7 Å². The monoisotopic (exact) mass is 417 g/mol. The summed E-state index contributed by atoms with van der Waals surface area (Å²) in [5.41, 5.74) is 0.877. The van der Waals surface area contributed by atoms with E-state index in [1.807, 2.05) is 0 Å². The molecule has 1 aliphatic heterocycles. The summed E-state index contributed by atoms with van der Waals surface area (Å²) in [7, 11) is 0. The van der Waals surface area contributed by atoms with Gasteiger partial charge in [-0.25, -0.2) is 9.78 Å². The van der Waals surface area contributed by atoms with E-state index in [1.165, 1.54) is 18.4 Å². The van der Waals surface area contributed by atoms with E-state index in [0.29, 0.717) is 17.1 Å². The van der Waals surface area contributed by atoms with Crippen LogP contribution in [0.25, 0.3) is 0 Å². The molecule has 0 saturated carbocycles. The van der Waals surface area contributed by atoms with E-state index in [0.717, 1.165) is 6.07 Å². The number of aromatic nitrogens is 1. The van der Waals surface area contributed by atoms with Crippen molar-refractivity contribution in [3.63, 3.8) is 0 Å². The first kappa shape index (κ1) is 20.0. The number of amides is 2. The van der Waals surface area contributed by atoms with E-state index in [9.17, 15) is 22.8 Å². The fraction of sp³-hybridized carbons (Fsp3) is 0.353. The number of hydrogen-bond donors (Lipinski definition) is 2. The van der Waals surface area contributed by atoms with Gasteiger partial charge in [0.15, 0.2) is 11.7 Å². The smallest absolute Gasteiger partial charge is 0.449 e. The minimum Gasteiger partial charge on any atom is -0.449 e. The van der Waals surface area contributed by atoms with Crippen molar-refractivity contribution in [3.05, 3.63) is 46.6 Å². The molecule has 2 aromatic rings. The number of rotatable bonds is 6. The van der Waals surface area contributed by atoms with Crippen LogP contribution in [0.1, 0.15) is 29.5 Å². The Morgan fingerprint density at radius 2 is 2.21 bits per heavy atom. The third-order valence-corrected chi connectivity index (χ3v) is 4.44. The highest BCUT2D eigenvalue weighted by atomic mass is 35.5. The minimum atomic E-state index is -4.88. The highest BCUT2D eigenvalue weighted by Gasteiger charge is 2.33. The van der Waals surface area contributed by atoms with Crippen molar-refractivity contribution in [3.8, 4) is 5.75 Å². The molecule has 0 aliphatic carbocycles. The molecule has 1 aromatic carbocycles. The molecule has 1 unspecified atom stereocenters. The number of carbonyl (C=O) groups is 2. The molecule has 7 nitrogen and oxygen atoms in total. The van der Waals surface area contributed by atoms with Crippen LogP contribution in [0, 0.1) is 6.92 Å². The number of ether oxygens (including phenoxy) is 1. The maximum absolute atomic E-state index is 12.6. The van der Waals surface area contributed by atoms with Gasteiger partial charge in [-0.3, -0.25) is 4.79 Å². The van der Waals surface area contributed by atoms with Gasteiger partial charge in [0.25, 0.3) is 0 Å². The van der Waals surface area contributed by atoms with Crippen LogP contribution in [0.4, 0.5) is 18.0 Å². The van der Waals surface area contributed by atoms with Crippen LogP contribution in [-0.2, 0) is 4.79 Å². The van der Waals surface area contributed by atoms with E-state index in [2.05, 4.69) is 20.4 Å². The van der Waals surface area contributed by atoms with Gasteiger partial charge >= 0.3 is 12.4 Å². The van der Waals surface area contributed by atoms with E-state index < -0.39 is 30.1 Å². The van der Waals surface area contributed by atoms with Crippen molar-refractivity contribution in [2.75, 3.05) is 6.54 Å². The highest BCUT2D eigenvalue weighted by molar-refractivity contribution is 6.32. The van der Waals surface area contributed by atoms with Crippen LogP contribution >= 0.6 is 11.6 Å². The van der Waals surface area contributed by atoms with Gasteiger partial charge < -0.3 is 19.8 Å². The molecule has 0 spiro atoms. The first-order valence-electron chi connectivity index (χ1n) is 8.16. The van der Waals surface area contributed by atoms with E-state index in [4.69, 9.17) is 16.0 Å². The molecule has 11 heteroatoms. The molecule has 2 N–H and O–H groups in total. The second-order valence-corrected chi connectivity index (χ2v) is 6.57. The fourth-order valence-electron chi connectivity index (χ4n) is 2.87. The normalized spacial score (nSPS) is 17.8. The quantitative estimate of drug-likeness (QED) is 0.752. The maximum Gasteiger partial charge on any atom is 0.573 e. The predicted octanol–water partition coefficient (Wildman–Crippen LogP) is 3.31. The zero-order valence-corrected chi connectivity index (χ0v) is 15.2. The number of carbonyl (C=O) groups excluding carboxylic acids is 2. The van der Waals surface area contributed by atoms with Gasteiger partial charge in [-0.2, -0.15) is 0 Å². The summed E-state index contributed by atoms with van der Waals surface area (Å²) in [4.78, 5) is 28.1. The molecule has 2 heterocycles. The van der Waals surface area contributed by atoms with Crippen LogP contribution in [0.3, 0.4) is 0 Å². The van der Waals surface area contributed by atoms with Gasteiger partial charge in [-0.15, -0.1) is 13.2 Å². The summed E-state index contributed by atoms with van der Waals surface area (Å²) in [6.45, 7) is 1.78. The largest absolute Gasteiger partial charge is 0.573 e. The number of oxazole rings is 1. The lowest BCUT2D eigenvalue weighted by Crippen LogP contribution is -2.35. The number of aryl methyl sites for hydroxylation is 1. The molecule has 28 heavy (non-hydrogen) atoms. The zero-order chi connectivity index (χ0) is 20.5. The Labute approximate surface area is 162 Å². The van der Waals surface area contributed by atoms with Crippen LogP contribution < -0.4 is 15.4 Å². The summed E-state index contributed by atoms with van der Waals surface area (Å²) in [6.07, 6.45) is -3.57. The molecule has 3 rings (SSSR count). The molecule has 0 bridgehead atoms. The van der Waals surface area contributed by atoms with Crippen molar-refractivity contribution in [1.82, 2.24) is 15.6 Å². The van der Waals surface area contributed by atoms with Gasteiger partial charge in [0.2, 0.25) is 0 Å². The average Bonchev–Trinajstić information content (AvgIpc) is 3.22. The number of ketones is 1. The molecule has 1 aliphatic rings. The number of alkyl halides is 3. The molecule has 2 amide bonds. The number of urea groups is 1. The van der Waals surface area contributed by atoms with E-state index >= 15 is 0 Å². The average molecular weight is 418 g/mol. The lowest BCUT2D eigenvalue weighted by molar-refractivity contribution is -0.274. The Bertz CT molecular complexity index is 900. The first-order valence-corrected chi connectivity index (χ1v) is 8.54. The minimum absolute atomic E-state index is 0.0611. The molecule has 150 valence electrons. The van der Waals surface area contributed by atoms with Crippen LogP contribution in [0.2, 0.25) is 5.02 Å². The van der Waals surface area contributed by atoms with Gasteiger partial charge in [0, 0.05) is 25.8 Å². The SMILES string of the molecule is Cc1nc(C(CC(=O)[C@@H]2CNC(=O)N2)c2ccc(OC(F)(F)F)c(Cl)c2)co1. The third-order valence-electron chi connectivity index (χ3n) is 4.14. The predicted molar refractivity (Wildman–Crippen MR) is 91.2 cm³/mol. The molecule has 1 saturated heterocycles. The summed E-state index contributed by atoms with van der Waals surface area (Å²) >= 11 is 5.93. The van der Waals surface area contributed by atoms with Crippen LogP contribution in [-0.4, -0.2) is 35.7 Å². The standard InChI is InChI=1S/C17H15ClF3N3O4/c1-8-23-13(7-27-8)10(5-14(25)12-6-22-16(26)24-12)9-2-3-15(11(18)4-9)28-17(19,20)21/h2-4,7,10,12H,5-6H2,1H3,(H2,22,24,26)/t10?,12-/m0/s1. The van der Waals surface area contributed by atoms with Crippen LogP contribution in [0.15, 0.2) is 28.9 Å². The summed E-state index contributed by atoms with van der Waals surface area (Å²) in [5.74, 6) is -1.08. The second kappa shape index (κ2) is 7.70. The van der Waals surface area contributed by atoms with Crippen molar-refractivity contribution in [2.45, 2.75) is 31.7 Å². The number of hydrogen-bond acceptors (Lipinski definition) is 5. The Balaban J connectivity index is 1.88. The molecule has 1 aromatic heterocycles. The van der Waals surface area contributed by atoms with Crippen molar-refractivity contribution < 1.29 is 31.9 Å². The topological polar surface area (TPSA) is 93.5 Å². The molecule has 0 radical (unpaired) electrons. The number of nitrogens with zero attached hydrogens (tertiary/aromatic N) is 1. The molecule has 1 fully saturated rings. The zero-order valence-electron chi connectivity index (χ0n) is 14.5. The maximum atomic E-state index is 12.6. The van der Waals surface area contributed by atoms with Gasteiger partial charge in [-0.05, 0) is 17.7 Å².